The second kappa shape index (κ2) is 2.55. The van der Waals surface area contributed by atoms with Crippen molar-refractivity contribution in [2.24, 2.45) is 0 Å². The topological polar surface area (TPSA) is 73.8 Å². The van der Waals surface area contributed by atoms with Gasteiger partial charge in [-0.2, -0.15) is 9.78 Å². The Kier molecular flexibility index (Phi) is 1.51. The molecule has 0 saturated heterocycles. The maximum Gasteiger partial charge on any atom is 0.244 e. The molecule has 2 rings (SSSR count). The molecule has 0 aromatic carbocycles. The quantitative estimate of drug-likeness (QED) is 0.640. The highest BCUT2D eigenvalue weighted by atomic mass is 16.2. The van der Waals surface area contributed by atoms with Crippen LogP contribution in [0.15, 0.2) is 18.5 Å². The van der Waals surface area contributed by atoms with Gasteiger partial charge in [0, 0.05) is 12.3 Å². The first-order valence-corrected chi connectivity index (χ1v) is 3.78. The van der Waals surface area contributed by atoms with Crippen LogP contribution in [-0.2, 0) is 0 Å². The molecule has 13 heavy (non-hydrogen) atoms. The van der Waals surface area contributed by atoms with E-state index in [0.717, 1.165) is 5.39 Å². The smallest absolute Gasteiger partial charge is 0.244 e. The predicted molar refractivity (Wildman–Crippen MR) is 48.2 cm³/mol. The number of nitrogens with two attached hydrogens (primary N) is 1. The minimum atomic E-state index is -0.137. The second-order valence-electron chi connectivity index (χ2n) is 2.74. The van der Waals surface area contributed by atoms with Crippen LogP contribution in [0.5, 0.6) is 0 Å². The molecule has 5 nitrogen and oxygen atoms in total. The summed E-state index contributed by atoms with van der Waals surface area (Å²) in [7, 11) is 0. The zero-order chi connectivity index (χ0) is 9.42. The van der Waals surface area contributed by atoms with Gasteiger partial charge < -0.3 is 5.73 Å². The molecule has 0 spiro atoms. The highest BCUT2D eigenvalue weighted by Gasteiger charge is 2.05. The first kappa shape index (κ1) is 7.72. The van der Waals surface area contributed by atoms with Gasteiger partial charge in [-0.3, -0.25) is 4.79 Å². The van der Waals surface area contributed by atoms with E-state index >= 15 is 0 Å². The van der Waals surface area contributed by atoms with Crippen molar-refractivity contribution in [3.63, 3.8) is 0 Å². The first-order valence-electron chi connectivity index (χ1n) is 3.78. The molecule has 2 N–H and O–H groups in total. The normalized spacial score (nSPS) is 10.5. The number of hydrogen-bond acceptors (Lipinski definition) is 4. The van der Waals surface area contributed by atoms with Crippen molar-refractivity contribution < 1.29 is 4.79 Å². The van der Waals surface area contributed by atoms with E-state index in [0.29, 0.717) is 11.3 Å². The zero-order valence-corrected chi connectivity index (χ0v) is 7.06. The number of rotatable bonds is 0. The summed E-state index contributed by atoms with van der Waals surface area (Å²) in [6.45, 7) is 1.45. The summed E-state index contributed by atoms with van der Waals surface area (Å²) in [4.78, 5) is 14.9. The molecule has 2 aromatic heterocycles. The Morgan fingerprint density at radius 2 is 2.31 bits per heavy atom. The third kappa shape index (κ3) is 1.14. The van der Waals surface area contributed by atoms with E-state index in [-0.39, 0.29) is 5.91 Å². The molecule has 0 amide bonds. The van der Waals surface area contributed by atoms with E-state index in [1.807, 2.05) is 0 Å². The summed E-state index contributed by atoms with van der Waals surface area (Å²) in [5.41, 5.74) is 6.16. The number of carbonyl (C=O) groups excluding carboxylic acids is 1. The number of hydrogen-bond donors (Lipinski definition) is 1. The van der Waals surface area contributed by atoms with Crippen molar-refractivity contribution in [2.45, 2.75) is 6.92 Å². The van der Waals surface area contributed by atoms with Crippen LogP contribution in [0.2, 0.25) is 0 Å². The Bertz CT molecular complexity index is 474. The maximum atomic E-state index is 11.0. The maximum absolute atomic E-state index is 11.0. The monoisotopic (exact) mass is 176 g/mol. The van der Waals surface area contributed by atoms with E-state index in [9.17, 15) is 4.79 Å². The minimum absolute atomic E-state index is 0.137. The molecule has 0 fully saturated rings. The molecular formula is C8H8N4O. The van der Waals surface area contributed by atoms with E-state index < -0.39 is 0 Å². The molecule has 2 aromatic rings. The number of nitrogen functional groups attached to an aromatic ring is 1. The number of aromatic nitrogens is 3. The van der Waals surface area contributed by atoms with Crippen molar-refractivity contribution in [3.05, 3.63) is 18.5 Å². The summed E-state index contributed by atoms with van der Waals surface area (Å²) in [6, 6.07) is 1.68. The van der Waals surface area contributed by atoms with Crippen molar-refractivity contribution in [3.8, 4) is 0 Å². The minimum Gasteiger partial charge on any atom is -0.384 e. The molecule has 0 aliphatic carbocycles. The van der Waals surface area contributed by atoms with Crippen molar-refractivity contribution >= 4 is 22.6 Å². The van der Waals surface area contributed by atoms with Crippen LogP contribution in [-0.4, -0.2) is 20.7 Å². The van der Waals surface area contributed by atoms with Gasteiger partial charge in [-0.15, -0.1) is 0 Å². The van der Waals surface area contributed by atoms with Gasteiger partial charge in [0.1, 0.15) is 5.82 Å². The van der Waals surface area contributed by atoms with Crippen LogP contribution in [0.1, 0.15) is 11.7 Å². The number of nitrogens with zero attached hydrogens (tertiary/aromatic N) is 3. The number of anilines is 1. The van der Waals surface area contributed by atoms with Gasteiger partial charge in [0.15, 0.2) is 0 Å². The fourth-order valence-corrected chi connectivity index (χ4v) is 1.19. The SMILES string of the molecule is CC(=O)n1ncc2cc(N)ncc21. The van der Waals surface area contributed by atoms with Crippen LogP contribution >= 0.6 is 0 Å². The standard InChI is InChI=1S/C8H8N4O/c1-5(13)12-7-4-10-8(9)2-6(7)3-11-12/h2-4H,1H3,(H2,9,10). The summed E-state index contributed by atoms with van der Waals surface area (Å²) >= 11 is 0. The van der Waals surface area contributed by atoms with Gasteiger partial charge in [-0.05, 0) is 6.07 Å². The number of fused-ring (bicyclic) bond motifs is 1. The molecule has 0 unspecified atom stereocenters. The lowest BCUT2D eigenvalue weighted by Gasteiger charge is -1.96. The lowest BCUT2D eigenvalue weighted by Crippen LogP contribution is -2.06. The summed E-state index contributed by atoms with van der Waals surface area (Å²) in [5.74, 6) is 0.289. The second-order valence-corrected chi connectivity index (χ2v) is 2.74. The van der Waals surface area contributed by atoms with E-state index in [1.54, 1.807) is 18.5 Å². The predicted octanol–water partition coefficient (Wildman–Crippen LogP) is 0.674. The Morgan fingerprint density at radius 3 is 3.00 bits per heavy atom. The van der Waals surface area contributed by atoms with Crippen LogP contribution in [0.25, 0.3) is 10.9 Å². The Morgan fingerprint density at radius 1 is 1.54 bits per heavy atom. The third-order valence-electron chi connectivity index (χ3n) is 1.77. The zero-order valence-electron chi connectivity index (χ0n) is 7.06. The molecule has 0 aliphatic rings. The highest BCUT2D eigenvalue weighted by molar-refractivity contribution is 5.89. The van der Waals surface area contributed by atoms with Gasteiger partial charge in [-0.1, -0.05) is 0 Å². The molecule has 0 aliphatic heterocycles. The Hall–Kier alpha value is -1.91. The number of carbonyl (C=O) groups is 1. The van der Waals surface area contributed by atoms with E-state index in [2.05, 4.69) is 10.1 Å². The fourth-order valence-electron chi connectivity index (χ4n) is 1.19. The molecule has 0 saturated carbocycles. The largest absolute Gasteiger partial charge is 0.384 e. The highest BCUT2D eigenvalue weighted by Crippen LogP contribution is 2.13. The molecule has 0 radical (unpaired) electrons. The van der Waals surface area contributed by atoms with Crippen LogP contribution < -0.4 is 5.73 Å². The summed E-state index contributed by atoms with van der Waals surface area (Å²) in [5, 5.41) is 4.73. The van der Waals surface area contributed by atoms with Crippen LogP contribution in [0.4, 0.5) is 5.82 Å². The summed E-state index contributed by atoms with van der Waals surface area (Å²) < 4.78 is 1.29. The Balaban J connectivity index is 2.76. The van der Waals surface area contributed by atoms with Crippen LogP contribution in [0.3, 0.4) is 0 Å². The molecule has 66 valence electrons. The molecule has 0 bridgehead atoms. The van der Waals surface area contributed by atoms with Gasteiger partial charge in [0.05, 0.1) is 17.9 Å². The molecule has 2 heterocycles. The fraction of sp³-hybridized carbons (Fsp3) is 0.125. The van der Waals surface area contributed by atoms with Gasteiger partial charge in [0.25, 0.3) is 0 Å². The first-order chi connectivity index (χ1) is 6.18. The van der Waals surface area contributed by atoms with Gasteiger partial charge >= 0.3 is 0 Å². The van der Waals surface area contributed by atoms with Crippen molar-refractivity contribution in [1.82, 2.24) is 14.8 Å². The molecule has 5 heteroatoms. The van der Waals surface area contributed by atoms with Crippen molar-refractivity contribution in [2.75, 3.05) is 5.73 Å². The van der Waals surface area contributed by atoms with Crippen molar-refractivity contribution in [1.29, 1.82) is 0 Å². The summed E-state index contributed by atoms with van der Waals surface area (Å²) in [6.07, 6.45) is 3.13. The Labute approximate surface area is 74.2 Å². The lowest BCUT2D eigenvalue weighted by atomic mass is 10.3. The average molecular weight is 176 g/mol. The lowest BCUT2D eigenvalue weighted by molar-refractivity contribution is 0.0926. The van der Waals surface area contributed by atoms with Gasteiger partial charge in [-0.25, -0.2) is 4.98 Å². The molecule has 0 atom stereocenters. The average Bonchev–Trinajstić information content (AvgIpc) is 2.46. The number of pyridine rings is 1. The third-order valence-corrected chi connectivity index (χ3v) is 1.77. The molecular weight excluding hydrogens is 168 g/mol. The van der Waals surface area contributed by atoms with E-state index in [4.69, 9.17) is 5.73 Å². The van der Waals surface area contributed by atoms with E-state index in [1.165, 1.54) is 11.6 Å². The van der Waals surface area contributed by atoms with Crippen LogP contribution in [0, 0.1) is 0 Å². The van der Waals surface area contributed by atoms with Gasteiger partial charge in [0.2, 0.25) is 5.91 Å².